The molecular formula is C12H23N3O. The normalized spacial score (nSPS) is 31.5. The fourth-order valence-corrected chi connectivity index (χ4v) is 3.05. The Morgan fingerprint density at radius 3 is 1.88 bits per heavy atom. The lowest BCUT2D eigenvalue weighted by atomic mass is 10.0. The topological polar surface area (TPSA) is 27.7 Å². The van der Waals surface area contributed by atoms with Gasteiger partial charge in [-0.15, -0.1) is 0 Å². The molecule has 0 radical (unpaired) electrons. The molecule has 3 aliphatic heterocycles. The summed E-state index contributed by atoms with van der Waals surface area (Å²) in [6, 6.07) is 1.63. The van der Waals surface area contributed by atoms with Gasteiger partial charge in [-0.05, 0) is 12.8 Å². The van der Waals surface area contributed by atoms with Crippen molar-refractivity contribution in [3.63, 3.8) is 0 Å². The van der Waals surface area contributed by atoms with Crippen molar-refractivity contribution >= 4 is 0 Å². The Labute approximate surface area is 97.9 Å². The zero-order valence-electron chi connectivity index (χ0n) is 10.0. The number of ether oxygens (including phenoxy) is 1. The highest BCUT2D eigenvalue weighted by atomic mass is 16.5. The van der Waals surface area contributed by atoms with E-state index < -0.39 is 0 Å². The second-order valence-electron chi connectivity index (χ2n) is 5.23. The van der Waals surface area contributed by atoms with Crippen LogP contribution in [-0.2, 0) is 4.74 Å². The highest BCUT2D eigenvalue weighted by molar-refractivity contribution is 4.89. The number of nitrogens with one attached hydrogen (secondary N) is 1. The summed E-state index contributed by atoms with van der Waals surface area (Å²) in [5.74, 6) is 0. The molecular weight excluding hydrogens is 202 g/mol. The molecule has 4 heteroatoms. The van der Waals surface area contributed by atoms with Crippen LogP contribution in [0.15, 0.2) is 0 Å². The lowest BCUT2D eigenvalue weighted by Crippen LogP contribution is -2.62. The van der Waals surface area contributed by atoms with Crippen LogP contribution in [0.5, 0.6) is 0 Å². The Morgan fingerprint density at radius 1 is 0.812 bits per heavy atom. The first-order valence-corrected chi connectivity index (χ1v) is 6.70. The van der Waals surface area contributed by atoms with E-state index in [1.807, 2.05) is 0 Å². The maximum absolute atomic E-state index is 5.43. The Hall–Kier alpha value is -0.160. The molecule has 3 rings (SSSR count). The van der Waals surface area contributed by atoms with Crippen LogP contribution in [0.4, 0.5) is 0 Å². The second-order valence-corrected chi connectivity index (χ2v) is 5.23. The van der Waals surface area contributed by atoms with Gasteiger partial charge in [-0.25, -0.2) is 0 Å². The van der Waals surface area contributed by atoms with Crippen molar-refractivity contribution in [3.05, 3.63) is 0 Å². The van der Waals surface area contributed by atoms with Gasteiger partial charge in [0, 0.05) is 64.6 Å². The third kappa shape index (κ3) is 2.25. The monoisotopic (exact) mass is 225 g/mol. The molecule has 0 aromatic carbocycles. The standard InChI is InChI=1S/C12H23N3O/c1-7-16-8-2-11(1)14-3-5-15(6-4-14)12-9-13-10-12/h11-13H,1-10H2. The van der Waals surface area contributed by atoms with Gasteiger partial charge < -0.3 is 10.1 Å². The summed E-state index contributed by atoms with van der Waals surface area (Å²) in [5, 5.41) is 3.36. The number of rotatable bonds is 2. The number of hydrogen-bond acceptors (Lipinski definition) is 4. The minimum Gasteiger partial charge on any atom is -0.381 e. The molecule has 3 saturated heterocycles. The number of hydrogen-bond donors (Lipinski definition) is 1. The van der Waals surface area contributed by atoms with Crippen LogP contribution in [0, 0.1) is 0 Å². The third-order valence-electron chi connectivity index (χ3n) is 4.33. The molecule has 92 valence electrons. The average molecular weight is 225 g/mol. The maximum Gasteiger partial charge on any atom is 0.0480 e. The van der Waals surface area contributed by atoms with E-state index in [-0.39, 0.29) is 0 Å². The molecule has 3 heterocycles. The van der Waals surface area contributed by atoms with E-state index in [2.05, 4.69) is 15.1 Å². The van der Waals surface area contributed by atoms with E-state index >= 15 is 0 Å². The van der Waals surface area contributed by atoms with E-state index in [1.54, 1.807) is 0 Å². The minimum absolute atomic E-state index is 0.801. The zero-order chi connectivity index (χ0) is 10.8. The van der Waals surface area contributed by atoms with Crippen LogP contribution in [0.2, 0.25) is 0 Å². The van der Waals surface area contributed by atoms with Crippen molar-refractivity contribution in [2.24, 2.45) is 0 Å². The molecule has 0 aromatic rings. The smallest absolute Gasteiger partial charge is 0.0480 e. The van der Waals surface area contributed by atoms with Crippen molar-refractivity contribution in [3.8, 4) is 0 Å². The van der Waals surface area contributed by atoms with Gasteiger partial charge in [-0.3, -0.25) is 9.80 Å². The molecule has 0 atom stereocenters. The highest BCUT2D eigenvalue weighted by Gasteiger charge is 2.30. The van der Waals surface area contributed by atoms with Crippen LogP contribution < -0.4 is 5.32 Å². The van der Waals surface area contributed by atoms with Crippen LogP contribution in [0.3, 0.4) is 0 Å². The molecule has 16 heavy (non-hydrogen) atoms. The van der Waals surface area contributed by atoms with E-state index in [0.29, 0.717) is 0 Å². The second kappa shape index (κ2) is 5.00. The van der Waals surface area contributed by atoms with Gasteiger partial charge in [0.1, 0.15) is 0 Å². The predicted molar refractivity (Wildman–Crippen MR) is 63.6 cm³/mol. The van der Waals surface area contributed by atoms with Crippen molar-refractivity contribution in [2.45, 2.75) is 24.9 Å². The first-order chi connectivity index (χ1) is 7.93. The van der Waals surface area contributed by atoms with Gasteiger partial charge in [0.05, 0.1) is 0 Å². The third-order valence-corrected chi connectivity index (χ3v) is 4.33. The summed E-state index contributed by atoms with van der Waals surface area (Å²) < 4.78 is 5.43. The largest absolute Gasteiger partial charge is 0.381 e. The Balaban J connectivity index is 1.45. The molecule has 0 spiro atoms. The van der Waals surface area contributed by atoms with Crippen LogP contribution in [-0.4, -0.2) is 74.4 Å². The molecule has 3 fully saturated rings. The van der Waals surface area contributed by atoms with Crippen LogP contribution >= 0.6 is 0 Å². The van der Waals surface area contributed by atoms with Crippen molar-refractivity contribution in [1.82, 2.24) is 15.1 Å². The fourth-order valence-electron chi connectivity index (χ4n) is 3.05. The summed E-state index contributed by atoms with van der Waals surface area (Å²) in [6.07, 6.45) is 2.48. The maximum atomic E-state index is 5.43. The molecule has 0 amide bonds. The van der Waals surface area contributed by atoms with E-state index in [0.717, 1.165) is 25.3 Å². The van der Waals surface area contributed by atoms with Crippen molar-refractivity contribution < 1.29 is 4.74 Å². The number of nitrogens with zero attached hydrogens (tertiary/aromatic N) is 2. The summed E-state index contributed by atoms with van der Waals surface area (Å²) in [7, 11) is 0. The summed E-state index contributed by atoms with van der Waals surface area (Å²) in [6.45, 7) is 9.42. The summed E-state index contributed by atoms with van der Waals surface area (Å²) >= 11 is 0. The predicted octanol–water partition coefficient (Wildman–Crippen LogP) is -0.245. The highest BCUT2D eigenvalue weighted by Crippen LogP contribution is 2.17. The molecule has 0 aliphatic carbocycles. The SMILES string of the molecule is C1CC(N2CCN(C3CNC3)CC2)CCO1. The molecule has 0 saturated carbocycles. The van der Waals surface area contributed by atoms with Gasteiger partial charge in [0.25, 0.3) is 0 Å². The van der Waals surface area contributed by atoms with Crippen LogP contribution in [0.25, 0.3) is 0 Å². The van der Waals surface area contributed by atoms with Crippen molar-refractivity contribution in [1.29, 1.82) is 0 Å². The van der Waals surface area contributed by atoms with Crippen LogP contribution in [0.1, 0.15) is 12.8 Å². The molecule has 4 nitrogen and oxygen atoms in total. The Morgan fingerprint density at radius 2 is 1.38 bits per heavy atom. The molecule has 0 aromatic heterocycles. The van der Waals surface area contributed by atoms with Gasteiger partial charge in [-0.1, -0.05) is 0 Å². The van der Waals surface area contributed by atoms with E-state index in [9.17, 15) is 0 Å². The lowest BCUT2D eigenvalue weighted by molar-refractivity contribution is 0.00134. The zero-order valence-corrected chi connectivity index (χ0v) is 10.0. The summed E-state index contributed by atoms with van der Waals surface area (Å²) in [5.41, 5.74) is 0. The summed E-state index contributed by atoms with van der Waals surface area (Å²) in [4.78, 5) is 5.34. The molecule has 0 bridgehead atoms. The Kier molecular flexibility index (Phi) is 3.43. The minimum atomic E-state index is 0.801. The first-order valence-electron chi connectivity index (χ1n) is 6.70. The molecule has 3 aliphatic rings. The van der Waals surface area contributed by atoms with E-state index in [4.69, 9.17) is 4.74 Å². The van der Waals surface area contributed by atoms with Gasteiger partial charge in [0.2, 0.25) is 0 Å². The first kappa shape index (κ1) is 11.0. The lowest BCUT2D eigenvalue weighted by Gasteiger charge is -2.45. The molecule has 0 unspecified atom stereocenters. The van der Waals surface area contributed by atoms with Gasteiger partial charge in [-0.2, -0.15) is 0 Å². The number of piperazine rings is 1. The average Bonchev–Trinajstić information content (AvgIpc) is 2.29. The van der Waals surface area contributed by atoms with Crippen molar-refractivity contribution in [2.75, 3.05) is 52.5 Å². The fraction of sp³-hybridized carbons (Fsp3) is 1.00. The molecule has 1 N–H and O–H groups in total. The quantitative estimate of drug-likeness (QED) is 0.702. The van der Waals surface area contributed by atoms with Gasteiger partial charge >= 0.3 is 0 Å². The van der Waals surface area contributed by atoms with Gasteiger partial charge in [0.15, 0.2) is 0 Å². The van der Waals surface area contributed by atoms with E-state index in [1.165, 1.54) is 52.1 Å². The Bertz CT molecular complexity index is 218.